The van der Waals surface area contributed by atoms with Gasteiger partial charge in [-0.25, -0.2) is 4.39 Å². The number of rotatable bonds is 0. The summed E-state index contributed by atoms with van der Waals surface area (Å²) in [5, 5.41) is 10.0. The average Bonchev–Trinajstić information content (AvgIpc) is 2.39. The maximum absolute atomic E-state index is 13.3. The molecular weight excluding hydrogens is 290 g/mol. The lowest BCUT2D eigenvalue weighted by atomic mass is 10.2. The van der Waals surface area contributed by atoms with Gasteiger partial charge in [0, 0.05) is 0 Å². The van der Waals surface area contributed by atoms with Crippen molar-refractivity contribution in [3.05, 3.63) is 27.6 Å². The van der Waals surface area contributed by atoms with Gasteiger partial charge < -0.3 is 5.11 Å². The molecular formula is C8H4FIOS. The second-order valence-electron chi connectivity index (χ2n) is 2.36. The van der Waals surface area contributed by atoms with Crippen LogP contribution in [0.5, 0.6) is 5.06 Å². The molecule has 0 aliphatic heterocycles. The fraction of sp³-hybridized carbons (Fsp3) is 0. The Hall–Kier alpha value is -0.360. The lowest BCUT2D eigenvalue weighted by Crippen LogP contribution is -1.78. The predicted molar refractivity (Wildman–Crippen MR) is 56.2 cm³/mol. The maximum atomic E-state index is 13.3. The minimum atomic E-state index is -0.238. The zero-order valence-electron chi connectivity index (χ0n) is 5.84. The molecule has 12 heavy (non-hydrogen) atoms. The van der Waals surface area contributed by atoms with Crippen LogP contribution in [-0.2, 0) is 0 Å². The van der Waals surface area contributed by atoms with Crippen LogP contribution in [0.25, 0.3) is 10.1 Å². The van der Waals surface area contributed by atoms with Gasteiger partial charge in [-0.1, -0.05) is 17.4 Å². The molecule has 1 aromatic carbocycles. The van der Waals surface area contributed by atoms with Crippen molar-refractivity contribution in [3.8, 4) is 5.06 Å². The molecule has 0 saturated carbocycles. The van der Waals surface area contributed by atoms with E-state index in [1.807, 2.05) is 22.6 Å². The number of benzene rings is 1. The summed E-state index contributed by atoms with van der Waals surface area (Å²) in [7, 11) is 0. The van der Waals surface area contributed by atoms with Crippen LogP contribution in [0.2, 0.25) is 0 Å². The molecule has 1 N–H and O–H groups in total. The van der Waals surface area contributed by atoms with Gasteiger partial charge in [-0.3, -0.25) is 0 Å². The van der Waals surface area contributed by atoms with Crippen LogP contribution >= 0.6 is 33.9 Å². The van der Waals surface area contributed by atoms with E-state index in [-0.39, 0.29) is 10.9 Å². The van der Waals surface area contributed by atoms with Crippen LogP contribution in [0.3, 0.4) is 0 Å². The Morgan fingerprint density at radius 2 is 2.17 bits per heavy atom. The standard InChI is InChI=1S/C8H4FIOS/c9-7-5(10)2-1-4-3-6(11)12-8(4)7/h1-3,11H. The van der Waals surface area contributed by atoms with E-state index in [2.05, 4.69) is 0 Å². The second kappa shape index (κ2) is 2.85. The van der Waals surface area contributed by atoms with E-state index in [4.69, 9.17) is 5.11 Å². The number of aromatic hydroxyl groups is 1. The van der Waals surface area contributed by atoms with E-state index in [1.54, 1.807) is 18.2 Å². The lowest BCUT2D eigenvalue weighted by molar-refractivity contribution is 0.491. The summed E-state index contributed by atoms with van der Waals surface area (Å²) >= 11 is 3.00. The molecule has 0 spiro atoms. The van der Waals surface area contributed by atoms with E-state index in [9.17, 15) is 4.39 Å². The average molecular weight is 294 g/mol. The van der Waals surface area contributed by atoms with Gasteiger partial charge in [0.05, 0.1) is 8.27 Å². The van der Waals surface area contributed by atoms with Gasteiger partial charge in [0.15, 0.2) is 10.9 Å². The summed E-state index contributed by atoms with van der Waals surface area (Å²) < 4.78 is 14.4. The second-order valence-corrected chi connectivity index (χ2v) is 4.56. The Labute approximate surface area is 86.0 Å². The normalized spacial score (nSPS) is 10.8. The summed E-state index contributed by atoms with van der Waals surface area (Å²) in [5.41, 5.74) is 0. The van der Waals surface area contributed by atoms with Crippen molar-refractivity contribution in [2.75, 3.05) is 0 Å². The number of thiophene rings is 1. The van der Waals surface area contributed by atoms with Gasteiger partial charge in [0.25, 0.3) is 0 Å². The molecule has 4 heteroatoms. The van der Waals surface area contributed by atoms with Gasteiger partial charge in [-0.15, -0.1) is 0 Å². The Morgan fingerprint density at radius 1 is 1.42 bits per heavy atom. The van der Waals surface area contributed by atoms with Crippen LogP contribution in [0.1, 0.15) is 0 Å². The molecule has 2 aromatic rings. The molecule has 62 valence electrons. The number of hydrogen-bond donors (Lipinski definition) is 1. The first-order chi connectivity index (χ1) is 5.68. The zero-order valence-corrected chi connectivity index (χ0v) is 8.82. The lowest BCUT2D eigenvalue weighted by Gasteiger charge is -1.93. The van der Waals surface area contributed by atoms with Gasteiger partial charge in [-0.05, 0) is 40.1 Å². The molecule has 0 unspecified atom stereocenters. The van der Waals surface area contributed by atoms with Crippen molar-refractivity contribution in [2.24, 2.45) is 0 Å². The molecule has 0 atom stereocenters. The monoisotopic (exact) mass is 294 g/mol. The molecule has 2 rings (SSSR count). The summed E-state index contributed by atoms with van der Waals surface area (Å²) in [6.07, 6.45) is 0. The number of halogens is 2. The smallest absolute Gasteiger partial charge is 0.172 e. The van der Waals surface area contributed by atoms with Crippen LogP contribution in [0.15, 0.2) is 18.2 Å². The van der Waals surface area contributed by atoms with Crippen molar-refractivity contribution < 1.29 is 9.50 Å². The minimum Gasteiger partial charge on any atom is -0.499 e. The molecule has 1 heterocycles. The van der Waals surface area contributed by atoms with Crippen LogP contribution in [-0.4, -0.2) is 5.11 Å². The zero-order chi connectivity index (χ0) is 8.72. The number of fused-ring (bicyclic) bond motifs is 1. The molecule has 0 amide bonds. The summed E-state index contributed by atoms with van der Waals surface area (Å²) in [4.78, 5) is 0. The maximum Gasteiger partial charge on any atom is 0.172 e. The Morgan fingerprint density at radius 3 is 2.92 bits per heavy atom. The third kappa shape index (κ3) is 1.19. The fourth-order valence-electron chi connectivity index (χ4n) is 1.03. The quantitative estimate of drug-likeness (QED) is 0.739. The van der Waals surface area contributed by atoms with Crippen molar-refractivity contribution in [2.45, 2.75) is 0 Å². The molecule has 0 saturated heterocycles. The van der Waals surface area contributed by atoms with E-state index in [0.717, 1.165) is 16.7 Å². The first-order valence-corrected chi connectivity index (χ1v) is 5.14. The highest BCUT2D eigenvalue weighted by molar-refractivity contribution is 14.1. The molecule has 0 aliphatic carbocycles. The van der Waals surface area contributed by atoms with Gasteiger partial charge in [0.2, 0.25) is 0 Å². The molecule has 0 radical (unpaired) electrons. The highest BCUT2D eigenvalue weighted by Crippen LogP contribution is 2.33. The molecule has 0 bridgehead atoms. The largest absolute Gasteiger partial charge is 0.499 e. The topological polar surface area (TPSA) is 20.2 Å². The first kappa shape index (κ1) is 8.25. The van der Waals surface area contributed by atoms with E-state index < -0.39 is 0 Å². The Kier molecular flexibility index (Phi) is 1.96. The third-order valence-corrected chi connectivity index (χ3v) is 3.35. The summed E-state index contributed by atoms with van der Waals surface area (Å²) in [6.45, 7) is 0. The van der Waals surface area contributed by atoms with Crippen molar-refractivity contribution >= 4 is 44.0 Å². The van der Waals surface area contributed by atoms with Gasteiger partial charge in [0.1, 0.15) is 0 Å². The number of hydrogen-bond acceptors (Lipinski definition) is 2. The predicted octanol–water partition coefficient (Wildman–Crippen LogP) is 3.35. The fourth-order valence-corrected chi connectivity index (χ4v) is 2.50. The van der Waals surface area contributed by atoms with E-state index >= 15 is 0 Å². The Bertz CT molecular complexity index is 438. The first-order valence-electron chi connectivity index (χ1n) is 3.25. The summed E-state index contributed by atoms with van der Waals surface area (Å²) in [6, 6.07) is 5.07. The summed E-state index contributed by atoms with van der Waals surface area (Å²) in [5.74, 6) is -0.238. The molecule has 1 aromatic heterocycles. The van der Waals surface area contributed by atoms with Crippen LogP contribution in [0.4, 0.5) is 4.39 Å². The highest BCUT2D eigenvalue weighted by Gasteiger charge is 2.08. The molecule has 1 nitrogen and oxygen atoms in total. The van der Waals surface area contributed by atoms with Crippen molar-refractivity contribution in [3.63, 3.8) is 0 Å². The minimum absolute atomic E-state index is 0.158. The van der Waals surface area contributed by atoms with Crippen LogP contribution in [0, 0.1) is 9.39 Å². The van der Waals surface area contributed by atoms with E-state index in [1.165, 1.54) is 0 Å². The molecule has 0 fully saturated rings. The molecule has 0 aliphatic rings. The highest BCUT2D eigenvalue weighted by atomic mass is 127. The van der Waals surface area contributed by atoms with Crippen molar-refractivity contribution in [1.29, 1.82) is 0 Å². The third-order valence-electron chi connectivity index (χ3n) is 1.57. The van der Waals surface area contributed by atoms with E-state index in [0.29, 0.717) is 8.27 Å². The van der Waals surface area contributed by atoms with Crippen LogP contribution < -0.4 is 0 Å². The van der Waals surface area contributed by atoms with Gasteiger partial charge >= 0.3 is 0 Å². The Balaban J connectivity index is 2.89. The SMILES string of the molecule is Oc1cc2ccc(I)c(F)c2s1. The van der Waals surface area contributed by atoms with Crippen molar-refractivity contribution in [1.82, 2.24) is 0 Å². The van der Waals surface area contributed by atoms with Gasteiger partial charge in [-0.2, -0.15) is 0 Å².